The third kappa shape index (κ3) is 2.66. The van der Waals surface area contributed by atoms with Gasteiger partial charge in [-0.2, -0.15) is 0 Å². The molecule has 0 spiro atoms. The number of furan rings is 1. The number of ether oxygens (including phenoxy) is 2. The van der Waals surface area contributed by atoms with Gasteiger partial charge in [-0.15, -0.1) is 0 Å². The van der Waals surface area contributed by atoms with Crippen LogP contribution in [-0.4, -0.2) is 13.1 Å². The number of methoxy groups -OCH3 is 1. The minimum absolute atomic E-state index is 0.121. The number of benzene rings is 1. The number of hydrogen-bond acceptors (Lipinski definition) is 4. The first-order valence-electron chi connectivity index (χ1n) is 5.12. The summed E-state index contributed by atoms with van der Waals surface area (Å²) in [7, 11) is 1.30. The molecule has 0 fully saturated rings. The third-order valence-corrected chi connectivity index (χ3v) is 2.18. The Kier molecular flexibility index (Phi) is 3.14. The molecule has 1 aromatic heterocycles. The Bertz CT molecular complexity index is 528. The molecule has 2 aromatic rings. The largest absolute Gasteiger partial charge is 0.463 e. The van der Waals surface area contributed by atoms with Crippen molar-refractivity contribution >= 4 is 5.97 Å². The molecule has 0 saturated carbocycles. The zero-order valence-electron chi connectivity index (χ0n) is 9.60. The smallest absolute Gasteiger partial charge is 0.374 e. The molecule has 0 atom stereocenters. The highest BCUT2D eigenvalue weighted by atomic mass is 16.6. The van der Waals surface area contributed by atoms with Crippen LogP contribution in [0, 0.1) is 6.92 Å². The van der Waals surface area contributed by atoms with Gasteiger partial charge in [0, 0.05) is 6.07 Å². The molecule has 0 radical (unpaired) electrons. The number of carbonyl (C=O) groups excluding carboxylic acids is 1. The van der Waals surface area contributed by atoms with Crippen LogP contribution < -0.4 is 4.74 Å². The zero-order valence-corrected chi connectivity index (χ0v) is 9.60. The predicted octanol–water partition coefficient (Wildman–Crippen LogP) is 3.17. The Morgan fingerprint density at radius 3 is 2.76 bits per heavy atom. The number of esters is 1. The minimum Gasteiger partial charge on any atom is -0.463 e. The number of hydrogen-bond donors (Lipinski definition) is 0. The average molecular weight is 232 g/mol. The van der Waals surface area contributed by atoms with Gasteiger partial charge in [-0.05, 0) is 30.7 Å². The summed E-state index contributed by atoms with van der Waals surface area (Å²) in [5.74, 6) is 0.519. The van der Waals surface area contributed by atoms with Crippen LogP contribution >= 0.6 is 0 Å². The molecule has 0 unspecified atom stereocenters. The van der Waals surface area contributed by atoms with Crippen molar-refractivity contribution in [2.75, 3.05) is 7.11 Å². The second-order valence-corrected chi connectivity index (χ2v) is 3.53. The zero-order chi connectivity index (χ0) is 12.3. The molecular weight excluding hydrogens is 220 g/mol. The fraction of sp³-hybridized carbons (Fsp3) is 0.154. The lowest BCUT2D eigenvalue weighted by Crippen LogP contribution is -1.98. The normalized spacial score (nSPS) is 10.0. The quantitative estimate of drug-likeness (QED) is 0.762. The summed E-state index contributed by atoms with van der Waals surface area (Å²) in [6, 6.07) is 10.6. The number of carbonyl (C=O) groups is 1. The maximum absolute atomic E-state index is 11.2. The highest BCUT2D eigenvalue weighted by Gasteiger charge is 2.12. The van der Waals surface area contributed by atoms with E-state index in [4.69, 9.17) is 9.15 Å². The lowest BCUT2D eigenvalue weighted by atomic mass is 10.2. The molecule has 88 valence electrons. The van der Waals surface area contributed by atoms with Crippen LogP contribution in [0.2, 0.25) is 0 Å². The monoisotopic (exact) mass is 232 g/mol. The second-order valence-electron chi connectivity index (χ2n) is 3.53. The molecule has 0 aliphatic carbocycles. The molecule has 17 heavy (non-hydrogen) atoms. The number of aryl methyl sites for hydroxylation is 1. The van der Waals surface area contributed by atoms with Gasteiger partial charge in [-0.1, -0.05) is 12.1 Å². The highest BCUT2D eigenvalue weighted by Crippen LogP contribution is 2.24. The van der Waals surface area contributed by atoms with E-state index < -0.39 is 5.97 Å². The minimum atomic E-state index is -0.524. The standard InChI is InChI=1S/C13H12O4/c1-9-4-3-5-10(8-9)16-12-7-6-11(17-12)13(14)15-2/h3-8H,1-2H3. The van der Waals surface area contributed by atoms with Crippen molar-refractivity contribution in [3.05, 3.63) is 47.7 Å². The lowest BCUT2D eigenvalue weighted by Gasteiger charge is -2.02. The van der Waals surface area contributed by atoms with E-state index in [9.17, 15) is 4.79 Å². The first-order valence-corrected chi connectivity index (χ1v) is 5.12. The van der Waals surface area contributed by atoms with Crippen molar-refractivity contribution in [2.45, 2.75) is 6.92 Å². The second kappa shape index (κ2) is 4.74. The Hall–Kier alpha value is -2.23. The molecule has 4 nitrogen and oxygen atoms in total. The lowest BCUT2D eigenvalue weighted by molar-refractivity contribution is 0.0560. The summed E-state index contributed by atoms with van der Waals surface area (Å²) in [4.78, 5) is 11.2. The Balaban J connectivity index is 2.14. The van der Waals surface area contributed by atoms with E-state index in [1.54, 1.807) is 6.07 Å². The molecule has 0 amide bonds. The van der Waals surface area contributed by atoms with Gasteiger partial charge < -0.3 is 13.9 Å². The first-order chi connectivity index (χ1) is 8.19. The average Bonchev–Trinajstić information content (AvgIpc) is 2.76. The van der Waals surface area contributed by atoms with Crippen LogP contribution in [0.5, 0.6) is 11.7 Å². The van der Waals surface area contributed by atoms with E-state index in [1.165, 1.54) is 13.2 Å². The summed E-state index contributed by atoms with van der Waals surface area (Å²) in [6.45, 7) is 1.97. The summed E-state index contributed by atoms with van der Waals surface area (Å²) >= 11 is 0. The van der Waals surface area contributed by atoms with E-state index in [0.717, 1.165) is 5.56 Å². The molecule has 0 N–H and O–H groups in total. The molecule has 2 rings (SSSR count). The molecular formula is C13H12O4. The van der Waals surface area contributed by atoms with Crippen LogP contribution in [0.4, 0.5) is 0 Å². The van der Waals surface area contributed by atoms with Crippen molar-refractivity contribution in [3.63, 3.8) is 0 Å². The van der Waals surface area contributed by atoms with Crippen molar-refractivity contribution in [2.24, 2.45) is 0 Å². The van der Waals surface area contributed by atoms with Crippen molar-refractivity contribution < 1.29 is 18.7 Å². The van der Waals surface area contributed by atoms with E-state index in [1.807, 2.05) is 31.2 Å². The topological polar surface area (TPSA) is 48.7 Å². The van der Waals surface area contributed by atoms with Gasteiger partial charge in [0.15, 0.2) is 0 Å². The maximum atomic E-state index is 11.2. The fourth-order valence-corrected chi connectivity index (χ4v) is 1.38. The molecule has 0 bridgehead atoms. The SMILES string of the molecule is COC(=O)c1ccc(Oc2cccc(C)c2)o1. The van der Waals surface area contributed by atoms with Crippen molar-refractivity contribution in [1.82, 2.24) is 0 Å². The van der Waals surface area contributed by atoms with Gasteiger partial charge in [-0.3, -0.25) is 0 Å². The first kappa shape index (κ1) is 11.3. The van der Waals surface area contributed by atoms with E-state index in [0.29, 0.717) is 5.75 Å². The molecule has 1 heterocycles. The van der Waals surface area contributed by atoms with Crippen molar-refractivity contribution in [1.29, 1.82) is 0 Å². The van der Waals surface area contributed by atoms with E-state index in [-0.39, 0.29) is 11.7 Å². The molecule has 4 heteroatoms. The third-order valence-electron chi connectivity index (χ3n) is 2.18. The Morgan fingerprint density at radius 1 is 1.24 bits per heavy atom. The van der Waals surface area contributed by atoms with Gasteiger partial charge in [0.2, 0.25) is 5.76 Å². The fourth-order valence-electron chi connectivity index (χ4n) is 1.38. The van der Waals surface area contributed by atoms with Gasteiger partial charge in [0.05, 0.1) is 7.11 Å². The molecule has 0 aliphatic heterocycles. The number of rotatable bonds is 3. The van der Waals surface area contributed by atoms with Crippen molar-refractivity contribution in [3.8, 4) is 11.7 Å². The summed E-state index contributed by atoms with van der Waals surface area (Å²) in [5.41, 5.74) is 1.09. The summed E-state index contributed by atoms with van der Waals surface area (Å²) < 4.78 is 15.2. The Labute approximate surface area is 98.8 Å². The van der Waals surface area contributed by atoms with Crippen LogP contribution in [0.25, 0.3) is 0 Å². The summed E-state index contributed by atoms with van der Waals surface area (Å²) in [5, 5.41) is 0. The van der Waals surface area contributed by atoms with E-state index >= 15 is 0 Å². The Morgan fingerprint density at radius 2 is 2.06 bits per heavy atom. The van der Waals surface area contributed by atoms with Crippen LogP contribution in [0.3, 0.4) is 0 Å². The van der Waals surface area contributed by atoms with Gasteiger partial charge in [0.1, 0.15) is 5.75 Å². The summed E-state index contributed by atoms with van der Waals surface area (Å²) in [6.07, 6.45) is 0. The predicted molar refractivity (Wildman–Crippen MR) is 61.3 cm³/mol. The van der Waals surface area contributed by atoms with E-state index in [2.05, 4.69) is 4.74 Å². The molecule has 0 saturated heterocycles. The van der Waals surface area contributed by atoms with Gasteiger partial charge >= 0.3 is 5.97 Å². The van der Waals surface area contributed by atoms with Crippen LogP contribution in [0.15, 0.2) is 40.8 Å². The van der Waals surface area contributed by atoms with Crippen LogP contribution in [-0.2, 0) is 4.74 Å². The van der Waals surface area contributed by atoms with Gasteiger partial charge in [0.25, 0.3) is 5.95 Å². The maximum Gasteiger partial charge on any atom is 0.374 e. The van der Waals surface area contributed by atoms with Gasteiger partial charge in [-0.25, -0.2) is 4.79 Å². The molecule has 1 aromatic carbocycles. The van der Waals surface area contributed by atoms with Crippen LogP contribution in [0.1, 0.15) is 16.1 Å². The molecule has 0 aliphatic rings. The highest BCUT2D eigenvalue weighted by molar-refractivity contribution is 5.86.